The number of hydrogen-bond acceptors (Lipinski definition) is 2. The van der Waals surface area contributed by atoms with Gasteiger partial charge < -0.3 is 10.2 Å². The van der Waals surface area contributed by atoms with Crippen LogP contribution in [-0.4, -0.2) is 37.0 Å². The van der Waals surface area contributed by atoms with Gasteiger partial charge in [0.2, 0.25) is 5.91 Å². The van der Waals surface area contributed by atoms with Gasteiger partial charge in [-0.2, -0.15) is 0 Å². The normalized spacial score (nSPS) is 28.1. The Bertz CT molecular complexity index is 586. The number of carbonyl (C=O) groups excluding carboxylic acids is 1. The van der Waals surface area contributed by atoms with Gasteiger partial charge in [-0.05, 0) is 61.7 Å². The minimum absolute atomic E-state index is 0. The summed E-state index contributed by atoms with van der Waals surface area (Å²) in [5, 5.41) is 3.43. The molecule has 3 aliphatic rings. The summed E-state index contributed by atoms with van der Waals surface area (Å²) in [6.07, 6.45) is 5.44. The molecule has 1 aliphatic heterocycles. The smallest absolute Gasteiger partial charge is 0.229 e. The zero-order valence-electron chi connectivity index (χ0n) is 14.1. The standard InChI is InChI=1S/C19H26N2O.ClH/c1-18(13-19(18)7-9-20-10-8-19)17(22)21(2)16-11-14-5-3-4-6-15(14)12-16;/h3-6,16,20H,7-13H2,1-2H3;1H. The molecular weight excluding hydrogens is 308 g/mol. The van der Waals surface area contributed by atoms with Gasteiger partial charge in [0, 0.05) is 13.1 Å². The quantitative estimate of drug-likeness (QED) is 0.902. The van der Waals surface area contributed by atoms with Gasteiger partial charge in [0.25, 0.3) is 0 Å². The summed E-state index contributed by atoms with van der Waals surface area (Å²) in [6.45, 7) is 4.35. The number of nitrogens with zero attached hydrogens (tertiary/aromatic N) is 1. The summed E-state index contributed by atoms with van der Waals surface area (Å²) in [4.78, 5) is 15.2. The summed E-state index contributed by atoms with van der Waals surface area (Å²) in [7, 11) is 2.03. The molecule has 1 saturated carbocycles. The molecule has 2 aliphatic carbocycles. The van der Waals surface area contributed by atoms with Gasteiger partial charge in [-0.3, -0.25) is 4.79 Å². The molecule has 2 fully saturated rings. The Hall–Kier alpha value is -1.06. The van der Waals surface area contributed by atoms with Crippen molar-refractivity contribution in [3.8, 4) is 0 Å². The van der Waals surface area contributed by atoms with Crippen molar-refractivity contribution < 1.29 is 4.79 Å². The molecule has 1 N–H and O–H groups in total. The van der Waals surface area contributed by atoms with Crippen LogP contribution >= 0.6 is 12.4 Å². The van der Waals surface area contributed by atoms with Crippen molar-refractivity contribution in [2.24, 2.45) is 10.8 Å². The molecule has 1 unspecified atom stereocenters. The van der Waals surface area contributed by atoms with Crippen LogP contribution in [0.15, 0.2) is 24.3 Å². The van der Waals surface area contributed by atoms with E-state index in [4.69, 9.17) is 0 Å². The molecule has 4 rings (SSSR count). The average molecular weight is 335 g/mol. The van der Waals surface area contributed by atoms with Crippen molar-refractivity contribution in [3.63, 3.8) is 0 Å². The molecule has 0 bridgehead atoms. The number of carbonyl (C=O) groups is 1. The van der Waals surface area contributed by atoms with E-state index in [2.05, 4.69) is 41.4 Å². The Morgan fingerprint density at radius 3 is 2.30 bits per heavy atom. The third-order valence-electron chi connectivity index (χ3n) is 6.67. The van der Waals surface area contributed by atoms with E-state index in [0.29, 0.717) is 11.9 Å². The Kier molecular flexibility index (Phi) is 4.22. The van der Waals surface area contributed by atoms with Gasteiger partial charge in [-0.15, -0.1) is 12.4 Å². The van der Waals surface area contributed by atoms with Crippen molar-refractivity contribution in [2.45, 2.75) is 45.1 Å². The zero-order valence-corrected chi connectivity index (χ0v) is 14.9. The second-order valence-corrected chi connectivity index (χ2v) is 7.79. The van der Waals surface area contributed by atoms with Crippen LogP contribution in [0.5, 0.6) is 0 Å². The van der Waals surface area contributed by atoms with Crippen molar-refractivity contribution in [1.29, 1.82) is 0 Å². The number of halogens is 1. The summed E-state index contributed by atoms with van der Waals surface area (Å²) < 4.78 is 0. The first-order valence-electron chi connectivity index (χ1n) is 8.61. The van der Waals surface area contributed by atoms with Gasteiger partial charge in [-0.25, -0.2) is 0 Å². The van der Waals surface area contributed by atoms with E-state index < -0.39 is 0 Å². The number of benzene rings is 1. The number of likely N-dealkylation sites (N-methyl/N-ethyl adjacent to an activating group) is 1. The number of amides is 1. The molecule has 0 radical (unpaired) electrons. The molecule has 1 aromatic carbocycles. The van der Waals surface area contributed by atoms with Crippen LogP contribution in [0.1, 0.15) is 37.3 Å². The fourth-order valence-corrected chi connectivity index (χ4v) is 4.93. The number of piperidine rings is 1. The zero-order chi connectivity index (χ0) is 15.4. The maximum absolute atomic E-state index is 13.1. The third kappa shape index (κ3) is 2.49. The first-order valence-corrected chi connectivity index (χ1v) is 8.61. The monoisotopic (exact) mass is 334 g/mol. The van der Waals surface area contributed by atoms with Crippen LogP contribution in [-0.2, 0) is 17.6 Å². The van der Waals surface area contributed by atoms with Gasteiger partial charge in [0.15, 0.2) is 0 Å². The SMILES string of the molecule is CN(C(=O)C1(C)CC12CCNCC2)C1Cc2ccccc2C1.Cl. The lowest BCUT2D eigenvalue weighted by Gasteiger charge is -2.32. The molecule has 23 heavy (non-hydrogen) atoms. The molecule has 1 spiro atoms. The predicted octanol–water partition coefficient (Wildman–Crippen LogP) is 2.81. The van der Waals surface area contributed by atoms with Crippen molar-refractivity contribution in [1.82, 2.24) is 10.2 Å². The Labute approximate surface area is 145 Å². The highest BCUT2D eigenvalue weighted by molar-refractivity contribution is 5.87. The van der Waals surface area contributed by atoms with Crippen LogP contribution in [0.4, 0.5) is 0 Å². The first-order chi connectivity index (χ1) is 10.6. The van der Waals surface area contributed by atoms with E-state index in [1.165, 1.54) is 11.1 Å². The van der Waals surface area contributed by atoms with Gasteiger partial charge in [-0.1, -0.05) is 31.2 Å². The summed E-state index contributed by atoms with van der Waals surface area (Å²) in [5.74, 6) is 0.382. The highest BCUT2D eigenvalue weighted by atomic mass is 35.5. The predicted molar refractivity (Wildman–Crippen MR) is 94.9 cm³/mol. The number of fused-ring (bicyclic) bond motifs is 1. The molecule has 4 heteroatoms. The molecule has 1 amide bonds. The topological polar surface area (TPSA) is 32.3 Å². The largest absolute Gasteiger partial charge is 0.342 e. The van der Waals surface area contributed by atoms with E-state index in [9.17, 15) is 4.79 Å². The molecule has 1 atom stereocenters. The number of nitrogens with one attached hydrogen (secondary N) is 1. The van der Waals surface area contributed by atoms with E-state index >= 15 is 0 Å². The molecule has 126 valence electrons. The van der Waals surface area contributed by atoms with Crippen molar-refractivity contribution in [3.05, 3.63) is 35.4 Å². The van der Waals surface area contributed by atoms with Crippen LogP contribution in [0.3, 0.4) is 0 Å². The van der Waals surface area contributed by atoms with E-state index in [0.717, 1.165) is 45.2 Å². The van der Waals surface area contributed by atoms with Gasteiger partial charge in [0.05, 0.1) is 5.41 Å². The maximum atomic E-state index is 13.1. The Morgan fingerprint density at radius 2 is 1.74 bits per heavy atom. The molecule has 1 aromatic rings. The second-order valence-electron chi connectivity index (χ2n) is 7.79. The van der Waals surface area contributed by atoms with Gasteiger partial charge >= 0.3 is 0 Å². The summed E-state index contributed by atoms with van der Waals surface area (Å²) in [5.41, 5.74) is 3.02. The lowest BCUT2D eigenvalue weighted by atomic mass is 9.84. The van der Waals surface area contributed by atoms with Crippen LogP contribution in [0.25, 0.3) is 0 Å². The molecule has 0 aromatic heterocycles. The lowest BCUT2D eigenvalue weighted by Crippen LogP contribution is -2.44. The number of rotatable bonds is 2. The van der Waals surface area contributed by atoms with Crippen molar-refractivity contribution in [2.75, 3.05) is 20.1 Å². The van der Waals surface area contributed by atoms with Gasteiger partial charge in [0.1, 0.15) is 0 Å². The fraction of sp³-hybridized carbons (Fsp3) is 0.632. The minimum atomic E-state index is -0.112. The van der Waals surface area contributed by atoms with E-state index in [1.807, 2.05) is 7.05 Å². The lowest BCUT2D eigenvalue weighted by molar-refractivity contribution is -0.138. The Balaban J connectivity index is 0.00000156. The van der Waals surface area contributed by atoms with Crippen molar-refractivity contribution >= 4 is 18.3 Å². The summed E-state index contributed by atoms with van der Waals surface area (Å²) >= 11 is 0. The maximum Gasteiger partial charge on any atom is 0.229 e. The minimum Gasteiger partial charge on any atom is -0.342 e. The number of hydrogen-bond donors (Lipinski definition) is 1. The van der Waals surface area contributed by atoms with Crippen LogP contribution in [0.2, 0.25) is 0 Å². The molecule has 1 heterocycles. The third-order valence-corrected chi connectivity index (χ3v) is 6.67. The molecule has 3 nitrogen and oxygen atoms in total. The van der Waals surface area contributed by atoms with E-state index in [-0.39, 0.29) is 23.2 Å². The molecular formula is C19H27ClN2O. The first kappa shape index (κ1) is 16.8. The van der Waals surface area contributed by atoms with Crippen LogP contribution in [0, 0.1) is 10.8 Å². The van der Waals surface area contributed by atoms with E-state index in [1.54, 1.807) is 0 Å². The average Bonchev–Trinajstić information content (AvgIpc) is 2.93. The Morgan fingerprint density at radius 1 is 1.17 bits per heavy atom. The highest BCUT2D eigenvalue weighted by Crippen LogP contribution is 2.69. The highest BCUT2D eigenvalue weighted by Gasteiger charge is 2.68. The second kappa shape index (κ2) is 5.78. The fourth-order valence-electron chi connectivity index (χ4n) is 4.93. The molecule has 1 saturated heterocycles. The van der Waals surface area contributed by atoms with Crippen LogP contribution < -0.4 is 5.32 Å². The summed E-state index contributed by atoms with van der Waals surface area (Å²) in [6, 6.07) is 8.98.